The van der Waals surface area contributed by atoms with Crippen molar-refractivity contribution in [2.45, 2.75) is 6.42 Å². The third-order valence-corrected chi connectivity index (χ3v) is 2.08. The summed E-state index contributed by atoms with van der Waals surface area (Å²) in [5.41, 5.74) is 0. The smallest absolute Gasteiger partial charge is 0.188 e. The molecule has 0 aliphatic heterocycles. The third kappa shape index (κ3) is 7.46. The molecule has 0 N–H and O–H groups in total. The molecular formula is C14H20O5. The Hall–Kier alpha value is -1.56. The van der Waals surface area contributed by atoms with Gasteiger partial charge < -0.3 is 14.2 Å². The van der Waals surface area contributed by atoms with Crippen LogP contribution in [-0.4, -0.2) is 33.7 Å². The van der Waals surface area contributed by atoms with Gasteiger partial charge in [-0.25, -0.2) is 9.78 Å². The summed E-state index contributed by atoms with van der Waals surface area (Å²) in [6, 6.07) is 7.36. The zero-order valence-electron chi connectivity index (χ0n) is 11.2. The molecule has 0 saturated heterocycles. The quantitative estimate of drug-likeness (QED) is 0.203. The summed E-state index contributed by atoms with van der Waals surface area (Å²) < 4.78 is 15.6. The highest BCUT2D eigenvalue weighted by Crippen LogP contribution is 2.17. The zero-order valence-corrected chi connectivity index (χ0v) is 11.2. The van der Waals surface area contributed by atoms with Gasteiger partial charge >= 0.3 is 0 Å². The zero-order chi connectivity index (χ0) is 13.8. The van der Waals surface area contributed by atoms with Gasteiger partial charge in [-0.1, -0.05) is 6.08 Å². The van der Waals surface area contributed by atoms with Crippen LogP contribution >= 0.6 is 0 Å². The van der Waals surface area contributed by atoms with E-state index < -0.39 is 0 Å². The van der Waals surface area contributed by atoms with E-state index in [2.05, 4.69) is 6.58 Å². The lowest BCUT2D eigenvalue weighted by Crippen LogP contribution is -2.04. The van der Waals surface area contributed by atoms with Crippen LogP contribution in [0, 0.1) is 0 Å². The first-order valence-electron chi connectivity index (χ1n) is 6.06. The van der Waals surface area contributed by atoms with Crippen molar-refractivity contribution in [1.82, 2.24) is 0 Å². The topological polar surface area (TPSA) is 46.2 Å². The maximum atomic E-state index is 5.53. The molecule has 0 unspecified atom stereocenters. The fourth-order valence-corrected chi connectivity index (χ4v) is 1.22. The third-order valence-electron chi connectivity index (χ3n) is 2.08. The fraction of sp³-hybridized carbons (Fsp3) is 0.429. The Bertz CT molecular complexity index is 336. The van der Waals surface area contributed by atoms with Crippen LogP contribution < -0.4 is 9.47 Å². The monoisotopic (exact) mass is 268 g/mol. The summed E-state index contributed by atoms with van der Waals surface area (Å²) >= 11 is 0. The summed E-state index contributed by atoms with van der Waals surface area (Å²) in [5.74, 6) is 1.53. The van der Waals surface area contributed by atoms with E-state index in [1.54, 1.807) is 13.2 Å². The van der Waals surface area contributed by atoms with Gasteiger partial charge in [-0.2, -0.15) is 0 Å². The minimum atomic E-state index is 0.238. The second kappa shape index (κ2) is 10.4. The molecule has 0 atom stereocenters. The largest absolute Gasteiger partial charge is 0.494 e. The van der Waals surface area contributed by atoms with Gasteiger partial charge in [0.25, 0.3) is 0 Å². The van der Waals surface area contributed by atoms with E-state index in [0.29, 0.717) is 19.8 Å². The number of methoxy groups -OCH3 is 1. The van der Waals surface area contributed by atoms with Gasteiger partial charge in [-0.3, -0.25) is 0 Å². The minimum absolute atomic E-state index is 0.238. The van der Waals surface area contributed by atoms with Crippen LogP contribution in [-0.2, 0) is 14.5 Å². The molecule has 0 saturated carbocycles. The van der Waals surface area contributed by atoms with E-state index in [1.807, 2.05) is 24.3 Å². The molecule has 1 aromatic carbocycles. The summed E-state index contributed by atoms with van der Waals surface area (Å²) in [6.45, 7) is 5.20. The lowest BCUT2D eigenvalue weighted by atomic mass is 10.3. The minimum Gasteiger partial charge on any atom is -0.494 e. The molecule has 0 aromatic heterocycles. The second-order valence-electron chi connectivity index (χ2n) is 3.62. The Morgan fingerprint density at radius 2 is 1.68 bits per heavy atom. The van der Waals surface area contributed by atoms with Gasteiger partial charge in [0.05, 0.1) is 13.2 Å². The van der Waals surface area contributed by atoms with Crippen molar-refractivity contribution in [3.8, 4) is 11.5 Å². The van der Waals surface area contributed by atoms with Gasteiger partial charge in [0.15, 0.2) is 6.79 Å². The van der Waals surface area contributed by atoms with Crippen LogP contribution in [0.5, 0.6) is 11.5 Å². The summed E-state index contributed by atoms with van der Waals surface area (Å²) in [7, 11) is 1.58. The van der Waals surface area contributed by atoms with Gasteiger partial charge in [-0.05, 0) is 24.3 Å². The van der Waals surface area contributed by atoms with E-state index in [4.69, 9.17) is 24.0 Å². The molecule has 106 valence electrons. The van der Waals surface area contributed by atoms with Crippen molar-refractivity contribution in [2.24, 2.45) is 0 Å². The maximum Gasteiger partial charge on any atom is 0.188 e. The molecule has 0 heterocycles. The second-order valence-corrected chi connectivity index (χ2v) is 3.62. The van der Waals surface area contributed by atoms with Crippen LogP contribution in [0.3, 0.4) is 0 Å². The molecule has 0 aliphatic carbocycles. The van der Waals surface area contributed by atoms with Gasteiger partial charge in [0.2, 0.25) is 0 Å². The first-order valence-corrected chi connectivity index (χ1v) is 6.06. The van der Waals surface area contributed by atoms with Crippen LogP contribution in [0.1, 0.15) is 6.42 Å². The molecule has 0 fully saturated rings. The Morgan fingerprint density at radius 3 is 2.32 bits per heavy atom. The Morgan fingerprint density at radius 1 is 1.00 bits per heavy atom. The average molecular weight is 268 g/mol. The van der Waals surface area contributed by atoms with Crippen LogP contribution in [0.15, 0.2) is 36.9 Å². The van der Waals surface area contributed by atoms with Gasteiger partial charge in [0, 0.05) is 13.5 Å². The van der Waals surface area contributed by atoms with Crippen LogP contribution in [0.4, 0.5) is 0 Å². The summed E-state index contributed by atoms with van der Waals surface area (Å²) in [5, 5.41) is 0. The standard InChI is InChI=1S/C14H20O5/c1-3-9-18-19-11-4-10-16-13-5-7-14(8-6-13)17-12-15-2/h3,5-8H,1,4,9-12H2,2H3. The molecular weight excluding hydrogens is 248 g/mol. The van der Waals surface area contributed by atoms with Crippen molar-refractivity contribution < 1.29 is 24.0 Å². The molecule has 19 heavy (non-hydrogen) atoms. The van der Waals surface area contributed by atoms with E-state index in [1.165, 1.54) is 0 Å². The molecule has 0 bridgehead atoms. The average Bonchev–Trinajstić information content (AvgIpc) is 2.45. The predicted molar refractivity (Wildman–Crippen MR) is 71.2 cm³/mol. The number of hydrogen-bond acceptors (Lipinski definition) is 5. The first kappa shape index (κ1) is 15.5. The molecule has 0 aliphatic rings. The van der Waals surface area contributed by atoms with Gasteiger partial charge in [0.1, 0.15) is 18.1 Å². The van der Waals surface area contributed by atoms with Crippen molar-refractivity contribution >= 4 is 0 Å². The molecule has 0 amide bonds. The Labute approximate surface area is 113 Å². The molecule has 5 heteroatoms. The Balaban J connectivity index is 2.10. The highest BCUT2D eigenvalue weighted by molar-refractivity contribution is 5.31. The Kier molecular flexibility index (Phi) is 8.46. The molecule has 1 aromatic rings. The van der Waals surface area contributed by atoms with E-state index in [-0.39, 0.29) is 6.79 Å². The number of rotatable bonds is 11. The van der Waals surface area contributed by atoms with Crippen molar-refractivity contribution in [3.63, 3.8) is 0 Å². The predicted octanol–water partition coefficient (Wildman–Crippen LogP) is 2.57. The van der Waals surface area contributed by atoms with Crippen LogP contribution in [0.2, 0.25) is 0 Å². The number of ether oxygens (including phenoxy) is 3. The van der Waals surface area contributed by atoms with Gasteiger partial charge in [-0.15, -0.1) is 6.58 Å². The molecule has 0 spiro atoms. The molecule has 5 nitrogen and oxygen atoms in total. The maximum absolute atomic E-state index is 5.53. The number of hydrogen-bond donors (Lipinski definition) is 0. The highest BCUT2D eigenvalue weighted by Gasteiger charge is 1.96. The van der Waals surface area contributed by atoms with E-state index >= 15 is 0 Å². The van der Waals surface area contributed by atoms with Crippen molar-refractivity contribution in [2.75, 3.05) is 33.7 Å². The molecule has 1 rings (SSSR count). The first-order chi connectivity index (χ1) is 9.36. The fourth-order valence-electron chi connectivity index (χ4n) is 1.22. The van der Waals surface area contributed by atoms with E-state index in [9.17, 15) is 0 Å². The summed E-state index contributed by atoms with van der Waals surface area (Å²) in [4.78, 5) is 9.68. The van der Waals surface area contributed by atoms with Crippen molar-refractivity contribution in [1.29, 1.82) is 0 Å². The lowest BCUT2D eigenvalue weighted by Gasteiger charge is -2.08. The number of benzene rings is 1. The van der Waals surface area contributed by atoms with Crippen molar-refractivity contribution in [3.05, 3.63) is 36.9 Å². The van der Waals surface area contributed by atoms with Crippen LogP contribution in [0.25, 0.3) is 0 Å². The lowest BCUT2D eigenvalue weighted by molar-refractivity contribution is -0.287. The highest BCUT2D eigenvalue weighted by atomic mass is 17.2. The molecule has 0 radical (unpaired) electrons. The normalized spacial score (nSPS) is 10.2. The SMILES string of the molecule is C=CCOOCCCOc1ccc(OCOC)cc1. The van der Waals surface area contributed by atoms with E-state index in [0.717, 1.165) is 17.9 Å². The summed E-state index contributed by atoms with van der Waals surface area (Å²) in [6.07, 6.45) is 2.38.